The number of nitrogens with zero attached hydrogens (tertiary/aromatic N) is 2. The number of esters is 1. The molecule has 0 spiro atoms. The van der Waals surface area contributed by atoms with Gasteiger partial charge in [0.2, 0.25) is 0 Å². The first-order valence-electron chi connectivity index (χ1n) is 5.83. The second kappa shape index (κ2) is 4.28. The van der Waals surface area contributed by atoms with Gasteiger partial charge in [-0.3, -0.25) is 4.40 Å². The topological polar surface area (TPSA) is 56.7 Å². The molecular weight excluding hydrogens is 268 g/mol. The number of carbonyl (C=O) groups excluding carboxylic acids is 1. The van der Waals surface area contributed by atoms with Crippen LogP contribution < -0.4 is 0 Å². The Bertz CT molecular complexity index is 773. The van der Waals surface area contributed by atoms with Gasteiger partial charge in [0, 0.05) is 11.2 Å². The number of fused-ring (bicyclic) bond motifs is 3. The zero-order valence-electron chi connectivity index (χ0n) is 10.4. The number of rotatable bonds is 2. The van der Waals surface area contributed by atoms with Crippen molar-refractivity contribution in [2.45, 2.75) is 20.0 Å². The van der Waals surface area contributed by atoms with E-state index < -0.39 is 5.97 Å². The molecule has 0 N–H and O–H groups in total. The Morgan fingerprint density at radius 1 is 1.47 bits per heavy atom. The summed E-state index contributed by atoms with van der Waals surface area (Å²) < 4.78 is 12.3. The first-order chi connectivity index (χ1) is 9.04. The van der Waals surface area contributed by atoms with E-state index in [1.807, 2.05) is 0 Å². The number of ether oxygens (including phenoxy) is 1. The molecule has 6 heteroatoms. The van der Waals surface area contributed by atoms with Crippen molar-refractivity contribution in [3.05, 3.63) is 35.1 Å². The standard InChI is InChI=1S/C13H11ClN2O3/c1-7(2)18-12(17)9-6-16-10-5-8(14)3-4-11(10)19-13(16)15-9/h3-7H,1-2H3. The van der Waals surface area contributed by atoms with Crippen LogP contribution in [0.1, 0.15) is 24.3 Å². The van der Waals surface area contributed by atoms with Crippen LogP contribution in [0, 0.1) is 0 Å². The summed E-state index contributed by atoms with van der Waals surface area (Å²) in [6, 6.07) is 5.26. The highest BCUT2D eigenvalue weighted by molar-refractivity contribution is 6.31. The van der Waals surface area contributed by atoms with Crippen LogP contribution >= 0.6 is 11.6 Å². The van der Waals surface area contributed by atoms with Crippen LogP contribution in [-0.4, -0.2) is 21.5 Å². The summed E-state index contributed by atoms with van der Waals surface area (Å²) in [7, 11) is 0. The molecule has 3 aromatic rings. The van der Waals surface area contributed by atoms with Gasteiger partial charge in [-0.15, -0.1) is 0 Å². The summed E-state index contributed by atoms with van der Waals surface area (Å²) in [6.45, 7) is 3.57. The Morgan fingerprint density at radius 3 is 3.00 bits per heavy atom. The van der Waals surface area contributed by atoms with Crippen LogP contribution in [0.2, 0.25) is 5.02 Å². The van der Waals surface area contributed by atoms with Gasteiger partial charge in [-0.05, 0) is 32.0 Å². The molecule has 0 unspecified atom stereocenters. The number of oxazole rings is 1. The summed E-state index contributed by atoms with van der Waals surface area (Å²) in [6.07, 6.45) is 1.40. The minimum Gasteiger partial charge on any atom is -0.458 e. The lowest BCUT2D eigenvalue weighted by atomic mass is 10.3. The Labute approximate surface area is 113 Å². The molecule has 0 radical (unpaired) electrons. The third-order valence-corrected chi connectivity index (χ3v) is 2.84. The Morgan fingerprint density at radius 2 is 2.26 bits per heavy atom. The number of aromatic nitrogens is 2. The van der Waals surface area contributed by atoms with Gasteiger partial charge in [0.25, 0.3) is 0 Å². The molecule has 5 nitrogen and oxygen atoms in total. The fourth-order valence-electron chi connectivity index (χ4n) is 1.84. The maximum absolute atomic E-state index is 11.8. The molecule has 98 valence electrons. The minimum absolute atomic E-state index is 0.188. The van der Waals surface area contributed by atoms with Crippen LogP contribution in [0.3, 0.4) is 0 Å². The molecule has 19 heavy (non-hydrogen) atoms. The van der Waals surface area contributed by atoms with Crippen LogP contribution in [0.4, 0.5) is 0 Å². The van der Waals surface area contributed by atoms with Crippen molar-refractivity contribution < 1.29 is 13.9 Å². The van der Waals surface area contributed by atoms with Gasteiger partial charge in [0.05, 0.1) is 11.6 Å². The van der Waals surface area contributed by atoms with Gasteiger partial charge in [-0.2, -0.15) is 4.98 Å². The maximum Gasteiger partial charge on any atom is 0.358 e. The first kappa shape index (κ1) is 12.0. The molecular formula is C13H11ClN2O3. The zero-order chi connectivity index (χ0) is 13.6. The van der Waals surface area contributed by atoms with Gasteiger partial charge in [-0.1, -0.05) is 11.6 Å². The molecule has 0 amide bonds. The van der Waals surface area contributed by atoms with E-state index in [9.17, 15) is 4.79 Å². The summed E-state index contributed by atoms with van der Waals surface area (Å²) in [4.78, 5) is 15.9. The summed E-state index contributed by atoms with van der Waals surface area (Å²) in [5.74, 6) is -0.128. The molecule has 0 aliphatic rings. The second-order valence-electron chi connectivity index (χ2n) is 4.45. The molecule has 0 aliphatic heterocycles. The molecule has 0 fully saturated rings. The number of hydrogen-bond acceptors (Lipinski definition) is 4. The van der Waals surface area contributed by atoms with Crippen molar-refractivity contribution in [3.63, 3.8) is 0 Å². The number of benzene rings is 1. The predicted octanol–water partition coefficient (Wildman–Crippen LogP) is 3.30. The maximum atomic E-state index is 11.8. The molecule has 0 bridgehead atoms. The van der Waals surface area contributed by atoms with Gasteiger partial charge in [0.15, 0.2) is 11.3 Å². The van der Waals surface area contributed by atoms with Crippen LogP contribution in [-0.2, 0) is 4.74 Å². The van der Waals surface area contributed by atoms with Crippen molar-refractivity contribution in [3.8, 4) is 0 Å². The van der Waals surface area contributed by atoms with E-state index in [0.717, 1.165) is 5.52 Å². The highest BCUT2D eigenvalue weighted by atomic mass is 35.5. The van der Waals surface area contributed by atoms with E-state index in [2.05, 4.69) is 4.98 Å². The first-order valence-corrected chi connectivity index (χ1v) is 6.20. The zero-order valence-corrected chi connectivity index (χ0v) is 11.1. The van der Waals surface area contributed by atoms with Crippen molar-refractivity contribution in [1.82, 2.24) is 9.38 Å². The van der Waals surface area contributed by atoms with Crippen LogP contribution in [0.25, 0.3) is 16.9 Å². The largest absolute Gasteiger partial charge is 0.458 e. The molecule has 0 saturated heterocycles. The van der Waals surface area contributed by atoms with Crippen LogP contribution in [0.5, 0.6) is 0 Å². The highest BCUT2D eigenvalue weighted by Crippen LogP contribution is 2.24. The van der Waals surface area contributed by atoms with Crippen molar-refractivity contribution >= 4 is 34.5 Å². The molecule has 0 aliphatic carbocycles. The number of halogens is 1. The van der Waals surface area contributed by atoms with E-state index in [1.54, 1.807) is 42.6 Å². The van der Waals surface area contributed by atoms with Crippen LogP contribution in [0.15, 0.2) is 28.8 Å². The predicted molar refractivity (Wildman–Crippen MR) is 70.5 cm³/mol. The molecule has 3 rings (SSSR count). The lowest BCUT2D eigenvalue weighted by Crippen LogP contribution is -2.11. The highest BCUT2D eigenvalue weighted by Gasteiger charge is 2.17. The van der Waals surface area contributed by atoms with Crippen molar-refractivity contribution in [2.24, 2.45) is 0 Å². The number of carbonyl (C=O) groups is 1. The molecule has 1 aromatic carbocycles. The van der Waals surface area contributed by atoms with E-state index >= 15 is 0 Å². The molecule has 2 aromatic heterocycles. The average Bonchev–Trinajstić information content (AvgIpc) is 2.86. The van der Waals surface area contributed by atoms with E-state index in [-0.39, 0.29) is 11.8 Å². The fraction of sp³-hybridized carbons (Fsp3) is 0.231. The van der Waals surface area contributed by atoms with Gasteiger partial charge < -0.3 is 9.15 Å². The Hall–Kier alpha value is -2.01. The Kier molecular flexibility index (Phi) is 2.71. The smallest absolute Gasteiger partial charge is 0.358 e. The lowest BCUT2D eigenvalue weighted by molar-refractivity contribution is 0.0371. The second-order valence-corrected chi connectivity index (χ2v) is 4.88. The average molecular weight is 279 g/mol. The SMILES string of the molecule is CC(C)OC(=O)c1cn2c(n1)oc1ccc(Cl)cc12. The van der Waals surface area contributed by atoms with Gasteiger partial charge >= 0.3 is 11.8 Å². The minimum atomic E-state index is -0.468. The molecule has 0 atom stereocenters. The van der Waals surface area contributed by atoms with Gasteiger partial charge in [0.1, 0.15) is 0 Å². The number of imidazole rings is 1. The molecule has 2 heterocycles. The summed E-state index contributed by atoms with van der Waals surface area (Å²) in [5.41, 5.74) is 1.64. The summed E-state index contributed by atoms with van der Waals surface area (Å²) in [5, 5.41) is 0.593. The molecule has 0 saturated carbocycles. The third kappa shape index (κ3) is 2.06. The van der Waals surface area contributed by atoms with E-state index in [1.165, 1.54) is 0 Å². The van der Waals surface area contributed by atoms with E-state index in [0.29, 0.717) is 16.4 Å². The quantitative estimate of drug-likeness (QED) is 0.675. The number of hydrogen-bond donors (Lipinski definition) is 0. The Balaban J connectivity index is 2.11. The normalized spacial score (nSPS) is 11.6. The fourth-order valence-corrected chi connectivity index (χ4v) is 2.01. The third-order valence-electron chi connectivity index (χ3n) is 2.61. The lowest BCUT2D eigenvalue weighted by Gasteiger charge is -2.04. The van der Waals surface area contributed by atoms with E-state index in [4.69, 9.17) is 20.8 Å². The summed E-state index contributed by atoms with van der Waals surface area (Å²) >= 11 is 5.95. The van der Waals surface area contributed by atoms with Gasteiger partial charge in [-0.25, -0.2) is 4.79 Å². The van der Waals surface area contributed by atoms with Crippen molar-refractivity contribution in [1.29, 1.82) is 0 Å². The van der Waals surface area contributed by atoms with Crippen molar-refractivity contribution in [2.75, 3.05) is 0 Å². The monoisotopic (exact) mass is 278 g/mol.